The van der Waals surface area contributed by atoms with E-state index >= 15 is 0 Å². The van der Waals surface area contributed by atoms with Crippen LogP contribution in [0, 0.1) is 5.82 Å². The van der Waals surface area contributed by atoms with Crippen molar-refractivity contribution >= 4 is 17.3 Å². The summed E-state index contributed by atoms with van der Waals surface area (Å²) in [7, 11) is 0. The summed E-state index contributed by atoms with van der Waals surface area (Å²) in [6.45, 7) is 3.20. The standard InChI is InChI=1S/C19H22FN3O/c1-2-17-5-3-4-10-23(17)18-11-14(12-21-13-18)19(24)22-16-8-6-15(20)7-9-16/h6-9,11-13,17H,2-5,10H2,1H3,(H,22,24). The number of amides is 1. The second-order valence-corrected chi connectivity index (χ2v) is 6.14. The number of hydrogen-bond donors (Lipinski definition) is 1. The van der Waals surface area contributed by atoms with E-state index in [-0.39, 0.29) is 11.7 Å². The lowest BCUT2D eigenvalue weighted by molar-refractivity contribution is 0.102. The van der Waals surface area contributed by atoms with Crippen LogP contribution in [-0.4, -0.2) is 23.5 Å². The molecule has 4 nitrogen and oxygen atoms in total. The normalized spacial score (nSPS) is 17.6. The third kappa shape index (κ3) is 3.72. The number of piperidine rings is 1. The van der Waals surface area contributed by atoms with Crippen LogP contribution in [0.1, 0.15) is 43.0 Å². The summed E-state index contributed by atoms with van der Waals surface area (Å²) in [5.74, 6) is -0.562. The van der Waals surface area contributed by atoms with Gasteiger partial charge >= 0.3 is 0 Å². The highest BCUT2D eigenvalue weighted by atomic mass is 19.1. The number of nitrogens with one attached hydrogen (secondary N) is 1. The monoisotopic (exact) mass is 327 g/mol. The van der Waals surface area contributed by atoms with Gasteiger partial charge in [0, 0.05) is 24.5 Å². The number of pyridine rings is 1. The molecule has 126 valence electrons. The van der Waals surface area contributed by atoms with Gasteiger partial charge in [-0.15, -0.1) is 0 Å². The second-order valence-electron chi connectivity index (χ2n) is 6.14. The number of hydrogen-bond acceptors (Lipinski definition) is 3. The number of anilines is 2. The lowest BCUT2D eigenvalue weighted by Crippen LogP contribution is -2.39. The first-order chi connectivity index (χ1) is 11.7. The smallest absolute Gasteiger partial charge is 0.257 e. The highest BCUT2D eigenvalue weighted by Gasteiger charge is 2.22. The molecule has 1 unspecified atom stereocenters. The first kappa shape index (κ1) is 16.4. The molecule has 1 N–H and O–H groups in total. The highest BCUT2D eigenvalue weighted by molar-refractivity contribution is 6.04. The van der Waals surface area contributed by atoms with Gasteiger partial charge in [-0.1, -0.05) is 6.92 Å². The molecule has 1 aromatic heterocycles. The Morgan fingerprint density at radius 2 is 2.08 bits per heavy atom. The van der Waals surface area contributed by atoms with E-state index in [9.17, 15) is 9.18 Å². The van der Waals surface area contributed by atoms with Gasteiger partial charge in [0.25, 0.3) is 5.91 Å². The zero-order valence-corrected chi connectivity index (χ0v) is 13.8. The fourth-order valence-electron chi connectivity index (χ4n) is 3.21. The van der Waals surface area contributed by atoms with Crippen molar-refractivity contribution in [1.82, 2.24) is 4.98 Å². The zero-order valence-electron chi connectivity index (χ0n) is 13.8. The van der Waals surface area contributed by atoms with Gasteiger partial charge < -0.3 is 10.2 Å². The van der Waals surface area contributed by atoms with Crippen molar-refractivity contribution in [3.05, 3.63) is 54.1 Å². The molecule has 2 aromatic rings. The zero-order chi connectivity index (χ0) is 16.9. The summed E-state index contributed by atoms with van der Waals surface area (Å²) >= 11 is 0. The SMILES string of the molecule is CCC1CCCCN1c1cncc(C(=O)Nc2ccc(F)cc2)c1. The number of halogens is 1. The summed E-state index contributed by atoms with van der Waals surface area (Å²) in [5.41, 5.74) is 2.07. The molecule has 3 rings (SSSR count). The van der Waals surface area contributed by atoms with Crippen molar-refractivity contribution in [2.24, 2.45) is 0 Å². The van der Waals surface area contributed by atoms with Crippen LogP contribution in [0.5, 0.6) is 0 Å². The molecule has 0 bridgehead atoms. The molecule has 1 saturated heterocycles. The Hall–Kier alpha value is -2.43. The van der Waals surface area contributed by atoms with Crippen LogP contribution in [-0.2, 0) is 0 Å². The predicted octanol–water partition coefficient (Wildman–Crippen LogP) is 4.24. The summed E-state index contributed by atoms with van der Waals surface area (Å²) < 4.78 is 12.9. The van der Waals surface area contributed by atoms with Gasteiger partial charge in [-0.2, -0.15) is 0 Å². The van der Waals surface area contributed by atoms with Crippen LogP contribution in [0.2, 0.25) is 0 Å². The van der Waals surface area contributed by atoms with E-state index in [1.165, 1.54) is 31.4 Å². The van der Waals surface area contributed by atoms with E-state index in [2.05, 4.69) is 22.1 Å². The Morgan fingerprint density at radius 3 is 2.83 bits per heavy atom. The average Bonchev–Trinajstić information content (AvgIpc) is 2.63. The van der Waals surface area contributed by atoms with Crippen LogP contribution < -0.4 is 10.2 Å². The molecule has 0 spiro atoms. The Balaban J connectivity index is 1.76. The Morgan fingerprint density at radius 1 is 1.29 bits per heavy atom. The largest absolute Gasteiger partial charge is 0.367 e. The second kappa shape index (κ2) is 7.43. The summed E-state index contributed by atoms with van der Waals surface area (Å²) in [5, 5.41) is 2.78. The van der Waals surface area contributed by atoms with E-state index in [0.29, 0.717) is 17.3 Å². The van der Waals surface area contributed by atoms with Crippen molar-refractivity contribution in [2.75, 3.05) is 16.8 Å². The molecule has 24 heavy (non-hydrogen) atoms. The first-order valence-corrected chi connectivity index (χ1v) is 8.46. The number of carbonyl (C=O) groups is 1. The third-order valence-corrected chi connectivity index (χ3v) is 4.52. The van der Waals surface area contributed by atoms with Crippen LogP contribution in [0.3, 0.4) is 0 Å². The minimum atomic E-state index is -0.327. The van der Waals surface area contributed by atoms with Gasteiger partial charge in [0.15, 0.2) is 0 Å². The van der Waals surface area contributed by atoms with Crippen molar-refractivity contribution in [2.45, 2.75) is 38.6 Å². The number of aromatic nitrogens is 1. The van der Waals surface area contributed by atoms with Crippen LogP contribution >= 0.6 is 0 Å². The van der Waals surface area contributed by atoms with Gasteiger partial charge in [-0.05, 0) is 56.0 Å². The van der Waals surface area contributed by atoms with Crippen LogP contribution in [0.25, 0.3) is 0 Å². The molecule has 0 radical (unpaired) electrons. The summed E-state index contributed by atoms with van der Waals surface area (Å²) in [6, 6.07) is 8.13. The fraction of sp³-hybridized carbons (Fsp3) is 0.368. The Kier molecular flexibility index (Phi) is 5.08. The molecule has 1 aliphatic heterocycles. The van der Waals surface area contributed by atoms with Gasteiger partial charge in [0.2, 0.25) is 0 Å². The molecule has 1 aliphatic rings. The fourth-order valence-corrected chi connectivity index (χ4v) is 3.21. The van der Waals surface area contributed by atoms with Crippen molar-refractivity contribution in [3.8, 4) is 0 Å². The average molecular weight is 327 g/mol. The van der Waals surface area contributed by atoms with E-state index < -0.39 is 0 Å². The molecule has 5 heteroatoms. The number of benzene rings is 1. The predicted molar refractivity (Wildman–Crippen MR) is 93.9 cm³/mol. The summed E-state index contributed by atoms with van der Waals surface area (Å²) in [4.78, 5) is 19.0. The maximum absolute atomic E-state index is 12.9. The molecule has 2 heterocycles. The number of nitrogens with zero attached hydrogens (tertiary/aromatic N) is 2. The topological polar surface area (TPSA) is 45.2 Å². The van der Waals surface area contributed by atoms with Gasteiger partial charge in [0.1, 0.15) is 5.82 Å². The maximum atomic E-state index is 12.9. The van der Waals surface area contributed by atoms with E-state index in [0.717, 1.165) is 18.7 Å². The number of rotatable bonds is 4. The van der Waals surface area contributed by atoms with Crippen molar-refractivity contribution in [3.63, 3.8) is 0 Å². The first-order valence-electron chi connectivity index (χ1n) is 8.46. The highest BCUT2D eigenvalue weighted by Crippen LogP contribution is 2.26. The van der Waals surface area contributed by atoms with Crippen molar-refractivity contribution < 1.29 is 9.18 Å². The molecular weight excluding hydrogens is 305 g/mol. The van der Waals surface area contributed by atoms with Crippen LogP contribution in [0.4, 0.5) is 15.8 Å². The number of carbonyl (C=O) groups excluding carboxylic acids is 1. The molecule has 1 atom stereocenters. The Bertz CT molecular complexity index is 702. The van der Waals surface area contributed by atoms with Crippen molar-refractivity contribution in [1.29, 1.82) is 0 Å². The van der Waals surface area contributed by atoms with E-state index in [1.807, 2.05) is 12.3 Å². The molecule has 0 aliphatic carbocycles. The maximum Gasteiger partial charge on any atom is 0.257 e. The van der Waals surface area contributed by atoms with E-state index in [1.54, 1.807) is 18.3 Å². The molecular formula is C19H22FN3O. The molecule has 1 aromatic carbocycles. The Labute approximate surface area is 141 Å². The molecule has 1 fully saturated rings. The lowest BCUT2D eigenvalue weighted by Gasteiger charge is -2.37. The molecule has 1 amide bonds. The van der Waals surface area contributed by atoms with Crippen LogP contribution in [0.15, 0.2) is 42.7 Å². The van der Waals surface area contributed by atoms with Gasteiger partial charge in [-0.25, -0.2) is 4.39 Å². The van der Waals surface area contributed by atoms with Gasteiger partial charge in [-0.3, -0.25) is 9.78 Å². The lowest BCUT2D eigenvalue weighted by atomic mass is 9.99. The quantitative estimate of drug-likeness (QED) is 0.913. The molecule has 0 saturated carbocycles. The van der Waals surface area contributed by atoms with E-state index in [4.69, 9.17) is 0 Å². The minimum absolute atomic E-state index is 0.235. The minimum Gasteiger partial charge on any atom is -0.367 e. The third-order valence-electron chi connectivity index (χ3n) is 4.52. The van der Waals surface area contributed by atoms with Gasteiger partial charge in [0.05, 0.1) is 17.4 Å². The summed E-state index contributed by atoms with van der Waals surface area (Å²) in [6.07, 6.45) is 8.08.